The first-order valence-electron chi connectivity index (χ1n) is 6.48. The number of halogens is 2. The van der Waals surface area contributed by atoms with Crippen LogP contribution < -0.4 is 4.74 Å². The van der Waals surface area contributed by atoms with E-state index in [2.05, 4.69) is 0 Å². The molecule has 1 unspecified atom stereocenters. The van der Waals surface area contributed by atoms with Crippen LogP contribution in [0.4, 0.5) is 8.78 Å². The van der Waals surface area contributed by atoms with Crippen LogP contribution in [-0.4, -0.2) is 11.7 Å². The number of hydrogen-bond acceptors (Lipinski definition) is 2. The summed E-state index contributed by atoms with van der Waals surface area (Å²) in [6.45, 7) is 2.60. The second-order valence-corrected chi connectivity index (χ2v) is 4.46. The topological polar surface area (TPSA) is 29.5 Å². The van der Waals surface area contributed by atoms with Crippen LogP contribution in [0.25, 0.3) is 0 Å². The van der Waals surface area contributed by atoms with Crippen LogP contribution in [0, 0.1) is 11.6 Å². The van der Waals surface area contributed by atoms with Gasteiger partial charge in [-0.15, -0.1) is 0 Å². The molecule has 0 spiro atoms. The molecule has 0 saturated heterocycles. The van der Waals surface area contributed by atoms with Gasteiger partial charge in [0.1, 0.15) is 23.5 Å². The van der Waals surface area contributed by atoms with E-state index in [1.165, 1.54) is 6.07 Å². The molecule has 0 radical (unpaired) electrons. The van der Waals surface area contributed by atoms with Crippen LogP contribution in [0.2, 0.25) is 0 Å². The average molecular weight is 278 g/mol. The Balaban J connectivity index is 2.23. The Morgan fingerprint density at radius 1 is 1.05 bits per heavy atom. The van der Waals surface area contributed by atoms with E-state index in [4.69, 9.17) is 4.74 Å². The predicted octanol–water partition coefficient (Wildman–Crippen LogP) is 3.84. The molecular weight excluding hydrogens is 262 g/mol. The van der Waals surface area contributed by atoms with E-state index in [1.54, 1.807) is 24.3 Å². The second kappa shape index (κ2) is 6.48. The minimum atomic E-state index is -1.34. The van der Waals surface area contributed by atoms with E-state index in [1.807, 2.05) is 6.92 Å². The lowest BCUT2D eigenvalue weighted by Crippen LogP contribution is -2.05. The molecule has 0 bridgehead atoms. The fourth-order valence-corrected chi connectivity index (χ4v) is 1.90. The van der Waals surface area contributed by atoms with Gasteiger partial charge in [-0.3, -0.25) is 0 Å². The quantitative estimate of drug-likeness (QED) is 0.900. The number of benzene rings is 2. The summed E-state index contributed by atoms with van der Waals surface area (Å²) in [5.74, 6) is -0.857. The van der Waals surface area contributed by atoms with E-state index < -0.39 is 17.7 Å². The lowest BCUT2D eigenvalue weighted by molar-refractivity contribution is 0.209. The van der Waals surface area contributed by atoms with Gasteiger partial charge < -0.3 is 9.84 Å². The van der Waals surface area contributed by atoms with Crippen LogP contribution in [-0.2, 0) is 0 Å². The fourth-order valence-electron chi connectivity index (χ4n) is 1.90. The van der Waals surface area contributed by atoms with Gasteiger partial charge in [-0.25, -0.2) is 8.78 Å². The minimum Gasteiger partial charge on any atom is -0.494 e. The van der Waals surface area contributed by atoms with Gasteiger partial charge in [0, 0.05) is 0 Å². The largest absolute Gasteiger partial charge is 0.494 e. The summed E-state index contributed by atoms with van der Waals surface area (Å²) >= 11 is 0. The molecule has 2 nitrogen and oxygen atoms in total. The first-order chi connectivity index (χ1) is 9.63. The zero-order chi connectivity index (χ0) is 14.5. The van der Waals surface area contributed by atoms with Crippen molar-refractivity contribution in [1.82, 2.24) is 0 Å². The molecule has 0 amide bonds. The van der Waals surface area contributed by atoms with Crippen molar-refractivity contribution in [2.45, 2.75) is 19.4 Å². The number of ether oxygens (including phenoxy) is 1. The Hall–Kier alpha value is -1.94. The van der Waals surface area contributed by atoms with Gasteiger partial charge in [-0.2, -0.15) is 0 Å². The first kappa shape index (κ1) is 14.5. The van der Waals surface area contributed by atoms with Gasteiger partial charge in [-0.05, 0) is 36.2 Å². The zero-order valence-corrected chi connectivity index (χ0v) is 11.1. The van der Waals surface area contributed by atoms with Crippen LogP contribution >= 0.6 is 0 Å². The van der Waals surface area contributed by atoms with E-state index in [0.717, 1.165) is 18.6 Å². The molecule has 2 aromatic rings. The molecule has 1 N–H and O–H groups in total. The minimum absolute atomic E-state index is 0.338. The number of rotatable bonds is 5. The van der Waals surface area contributed by atoms with Gasteiger partial charge in [-0.1, -0.05) is 25.1 Å². The lowest BCUT2D eigenvalue weighted by Gasteiger charge is -2.14. The Kier molecular flexibility index (Phi) is 4.69. The van der Waals surface area contributed by atoms with Crippen molar-refractivity contribution >= 4 is 0 Å². The molecule has 0 aliphatic rings. The van der Waals surface area contributed by atoms with Gasteiger partial charge in [0.2, 0.25) is 0 Å². The third-order valence-electron chi connectivity index (χ3n) is 2.94. The van der Waals surface area contributed by atoms with Crippen molar-refractivity contribution < 1.29 is 18.6 Å². The van der Waals surface area contributed by atoms with Crippen LogP contribution in [0.15, 0.2) is 42.5 Å². The molecule has 2 aromatic carbocycles. The van der Waals surface area contributed by atoms with E-state index in [9.17, 15) is 13.9 Å². The molecule has 0 aliphatic heterocycles. The molecule has 0 heterocycles. The Labute approximate surface area is 116 Å². The molecule has 106 valence electrons. The van der Waals surface area contributed by atoms with Crippen molar-refractivity contribution in [3.8, 4) is 5.75 Å². The fraction of sp³-hybridized carbons (Fsp3) is 0.250. The smallest absolute Gasteiger partial charge is 0.132 e. The Bertz CT molecular complexity index is 547. The van der Waals surface area contributed by atoms with Gasteiger partial charge in [0.25, 0.3) is 0 Å². The van der Waals surface area contributed by atoms with Gasteiger partial charge >= 0.3 is 0 Å². The average Bonchev–Trinajstić information content (AvgIpc) is 2.45. The van der Waals surface area contributed by atoms with Crippen molar-refractivity contribution in [2.75, 3.05) is 6.61 Å². The normalized spacial score (nSPS) is 12.2. The number of aliphatic hydroxyl groups is 1. The summed E-state index contributed by atoms with van der Waals surface area (Å²) in [6, 6.07) is 10.1. The van der Waals surface area contributed by atoms with Crippen LogP contribution in [0.5, 0.6) is 5.75 Å². The molecule has 0 saturated carbocycles. The molecule has 1 atom stereocenters. The standard InChI is InChI=1S/C16H16F2O2/c1-2-10-20-12-8-6-11(7-9-12)16(19)15-13(17)4-3-5-14(15)18/h3-9,16,19H,2,10H2,1H3. The summed E-state index contributed by atoms with van der Waals surface area (Å²) in [4.78, 5) is 0. The van der Waals surface area contributed by atoms with E-state index in [0.29, 0.717) is 17.9 Å². The van der Waals surface area contributed by atoms with Crippen molar-refractivity contribution in [1.29, 1.82) is 0 Å². The highest BCUT2D eigenvalue weighted by Crippen LogP contribution is 2.27. The van der Waals surface area contributed by atoms with Crippen LogP contribution in [0.3, 0.4) is 0 Å². The third kappa shape index (κ3) is 3.14. The third-order valence-corrected chi connectivity index (χ3v) is 2.94. The Morgan fingerprint density at radius 2 is 1.65 bits per heavy atom. The summed E-state index contributed by atoms with van der Waals surface area (Å²) in [6.07, 6.45) is -0.443. The predicted molar refractivity (Wildman–Crippen MR) is 72.6 cm³/mol. The summed E-state index contributed by atoms with van der Waals surface area (Å²) in [5, 5.41) is 10.1. The Morgan fingerprint density at radius 3 is 2.20 bits per heavy atom. The van der Waals surface area contributed by atoms with Gasteiger partial charge in [0.15, 0.2) is 0 Å². The number of aliphatic hydroxyl groups excluding tert-OH is 1. The van der Waals surface area contributed by atoms with E-state index in [-0.39, 0.29) is 5.56 Å². The highest BCUT2D eigenvalue weighted by molar-refractivity contribution is 5.35. The summed E-state index contributed by atoms with van der Waals surface area (Å²) in [5.41, 5.74) is 0.0765. The maximum Gasteiger partial charge on any atom is 0.132 e. The molecule has 2 rings (SSSR count). The zero-order valence-electron chi connectivity index (χ0n) is 11.1. The van der Waals surface area contributed by atoms with E-state index >= 15 is 0 Å². The van der Waals surface area contributed by atoms with Crippen molar-refractivity contribution in [2.24, 2.45) is 0 Å². The molecule has 0 aliphatic carbocycles. The van der Waals surface area contributed by atoms with Crippen LogP contribution in [0.1, 0.15) is 30.6 Å². The molecule has 0 fully saturated rings. The molecule has 20 heavy (non-hydrogen) atoms. The molecule has 4 heteroatoms. The molecule has 0 aromatic heterocycles. The highest BCUT2D eigenvalue weighted by Gasteiger charge is 2.19. The summed E-state index contributed by atoms with van der Waals surface area (Å²) < 4.78 is 32.6. The van der Waals surface area contributed by atoms with Gasteiger partial charge in [0.05, 0.1) is 12.2 Å². The SMILES string of the molecule is CCCOc1ccc(C(O)c2c(F)cccc2F)cc1. The second-order valence-electron chi connectivity index (χ2n) is 4.46. The van der Waals surface area contributed by atoms with Crippen molar-refractivity contribution in [3.05, 3.63) is 65.2 Å². The summed E-state index contributed by atoms with van der Waals surface area (Å²) in [7, 11) is 0. The number of hydrogen-bond donors (Lipinski definition) is 1. The molecular formula is C16H16F2O2. The van der Waals surface area contributed by atoms with Crippen molar-refractivity contribution in [3.63, 3.8) is 0 Å². The highest BCUT2D eigenvalue weighted by atomic mass is 19.1. The maximum absolute atomic E-state index is 13.6. The maximum atomic E-state index is 13.6. The first-order valence-corrected chi connectivity index (χ1v) is 6.48. The lowest BCUT2D eigenvalue weighted by atomic mass is 10.0. The monoisotopic (exact) mass is 278 g/mol.